The van der Waals surface area contributed by atoms with E-state index in [9.17, 15) is 18.0 Å². The molecule has 0 amide bonds. The molecule has 2 N–H and O–H groups in total. The molecular formula is C15H23N5O4S2. The molecule has 0 unspecified atom stereocenters. The van der Waals surface area contributed by atoms with Gasteiger partial charge in [0.1, 0.15) is 16.2 Å². The Morgan fingerprint density at radius 2 is 1.73 bits per heavy atom. The first-order chi connectivity index (χ1) is 11.8. The summed E-state index contributed by atoms with van der Waals surface area (Å²) in [6.07, 6.45) is 0.325. The van der Waals surface area contributed by atoms with E-state index < -0.39 is 21.3 Å². The molecule has 0 aliphatic carbocycles. The third-order valence-electron chi connectivity index (χ3n) is 3.75. The standard InChI is InChI=1S/C15H23N5O4S2/c1-15(2,3)13-17-10-9(12(21)20(5)14(22)19(10)4)11(18-13)25-7-6-8-26(16,23)24/h6-8H2,1-5H3,(H2,16,23,24). The van der Waals surface area contributed by atoms with E-state index in [1.54, 1.807) is 7.05 Å². The molecule has 0 aromatic carbocycles. The lowest BCUT2D eigenvalue weighted by Gasteiger charge is -2.19. The minimum absolute atomic E-state index is 0.147. The molecule has 0 radical (unpaired) electrons. The molecule has 2 aromatic heterocycles. The van der Waals surface area contributed by atoms with Crippen LogP contribution in [0.2, 0.25) is 0 Å². The highest BCUT2D eigenvalue weighted by molar-refractivity contribution is 7.99. The summed E-state index contributed by atoms with van der Waals surface area (Å²) in [7, 11) is -0.582. The zero-order valence-electron chi connectivity index (χ0n) is 15.4. The van der Waals surface area contributed by atoms with Gasteiger partial charge in [0.25, 0.3) is 5.56 Å². The first-order valence-electron chi connectivity index (χ1n) is 7.94. The average Bonchev–Trinajstić information content (AvgIpc) is 2.52. The molecule has 0 spiro atoms. The molecule has 11 heteroatoms. The van der Waals surface area contributed by atoms with Gasteiger partial charge in [-0.1, -0.05) is 20.8 Å². The van der Waals surface area contributed by atoms with E-state index in [4.69, 9.17) is 5.14 Å². The molecule has 0 saturated heterocycles. The number of sulfonamides is 1. The molecule has 2 rings (SSSR count). The summed E-state index contributed by atoms with van der Waals surface area (Å²) in [6.45, 7) is 5.80. The summed E-state index contributed by atoms with van der Waals surface area (Å²) in [5, 5.41) is 5.70. The maximum atomic E-state index is 12.6. The van der Waals surface area contributed by atoms with Crippen LogP contribution in [0.15, 0.2) is 14.6 Å². The third-order valence-corrected chi connectivity index (χ3v) is 5.67. The van der Waals surface area contributed by atoms with Crippen LogP contribution in [-0.2, 0) is 29.5 Å². The molecule has 2 heterocycles. The van der Waals surface area contributed by atoms with Crippen molar-refractivity contribution in [3.05, 3.63) is 26.7 Å². The first-order valence-corrected chi connectivity index (χ1v) is 10.6. The van der Waals surface area contributed by atoms with E-state index in [0.29, 0.717) is 23.0 Å². The van der Waals surface area contributed by atoms with E-state index >= 15 is 0 Å². The summed E-state index contributed by atoms with van der Waals surface area (Å²) in [4.78, 5) is 33.8. The van der Waals surface area contributed by atoms with E-state index in [0.717, 1.165) is 4.57 Å². The van der Waals surface area contributed by atoms with Crippen molar-refractivity contribution in [3.63, 3.8) is 0 Å². The fourth-order valence-corrected chi connectivity index (χ4v) is 3.98. The molecular weight excluding hydrogens is 378 g/mol. The zero-order chi connectivity index (χ0) is 19.9. The van der Waals surface area contributed by atoms with Gasteiger partial charge in [-0.25, -0.2) is 28.3 Å². The second kappa shape index (κ2) is 7.12. The smallest absolute Gasteiger partial charge is 0.280 e. The molecule has 26 heavy (non-hydrogen) atoms. The Morgan fingerprint density at radius 1 is 1.12 bits per heavy atom. The van der Waals surface area contributed by atoms with Gasteiger partial charge in [-0.15, -0.1) is 11.8 Å². The summed E-state index contributed by atoms with van der Waals surface area (Å²) in [6, 6.07) is 0. The SMILES string of the molecule is Cn1c(=O)c2c(SCCCS(N)(=O)=O)nc(C(C)(C)C)nc2n(C)c1=O. The molecule has 0 bridgehead atoms. The summed E-state index contributed by atoms with van der Waals surface area (Å²) >= 11 is 1.26. The molecule has 9 nitrogen and oxygen atoms in total. The monoisotopic (exact) mass is 401 g/mol. The molecule has 2 aromatic rings. The number of hydrogen-bond acceptors (Lipinski definition) is 7. The van der Waals surface area contributed by atoms with E-state index in [1.807, 2.05) is 20.8 Å². The minimum atomic E-state index is -3.54. The molecule has 0 fully saturated rings. The van der Waals surface area contributed by atoms with Crippen LogP contribution in [0.3, 0.4) is 0 Å². The number of aryl methyl sites for hydroxylation is 1. The average molecular weight is 402 g/mol. The van der Waals surface area contributed by atoms with Crippen LogP contribution in [0.25, 0.3) is 11.0 Å². The second-order valence-corrected chi connectivity index (χ2v) is 9.89. The summed E-state index contributed by atoms with van der Waals surface area (Å²) < 4.78 is 24.5. The van der Waals surface area contributed by atoms with Gasteiger partial charge in [-0.05, 0) is 6.42 Å². The number of nitrogens with zero attached hydrogens (tertiary/aromatic N) is 4. The number of hydrogen-bond donors (Lipinski definition) is 1. The van der Waals surface area contributed by atoms with Gasteiger partial charge in [-0.3, -0.25) is 13.9 Å². The number of rotatable bonds is 5. The fourth-order valence-electron chi connectivity index (χ4n) is 2.30. The molecule has 0 saturated carbocycles. The Kier molecular flexibility index (Phi) is 5.64. The van der Waals surface area contributed by atoms with E-state index in [1.165, 1.54) is 23.4 Å². The van der Waals surface area contributed by atoms with E-state index in [2.05, 4.69) is 9.97 Å². The van der Waals surface area contributed by atoms with Crippen molar-refractivity contribution in [1.29, 1.82) is 0 Å². The number of aromatic nitrogens is 4. The highest BCUT2D eigenvalue weighted by Crippen LogP contribution is 2.27. The maximum Gasteiger partial charge on any atom is 0.332 e. The predicted molar refractivity (Wildman–Crippen MR) is 102 cm³/mol. The Hall–Kier alpha value is -1.72. The lowest BCUT2D eigenvalue weighted by molar-refractivity contribution is 0.539. The molecule has 144 valence electrons. The predicted octanol–water partition coefficient (Wildman–Crippen LogP) is 0.0954. The van der Waals surface area contributed by atoms with Crippen LogP contribution in [0.4, 0.5) is 0 Å². The zero-order valence-corrected chi connectivity index (χ0v) is 17.1. The highest BCUT2D eigenvalue weighted by Gasteiger charge is 2.23. The van der Waals surface area contributed by atoms with Crippen LogP contribution >= 0.6 is 11.8 Å². The number of nitrogens with two attached hydrogens (primary N) is 1. The summed E-state index contributed by atoms with van der Waals surface area (Å²) in [5.41, 5.74) is -1.06. The largest absolute Gasteiger partial charge is 0.332 e. The van der Waals surface area contributed by atoms with Crippen LogP contribution in [0.1, 0.15) is 33.0 Å². The lowest BCUT2D eigenvalue weighted by Crippen LogP contribution is -2.38. The minimum Gasteiger partial charge on any atom is -0.280 e. The number of fused-ring (bicyclic) bond motifs is 1. The van der Waals surface area contributed by atoms with Gasteiger partial charge in [0.05, 0.1) is 5.75 Å². The van der Waals surface area contributed by atoms with Gasteiger partial charge in [0, 0.05) is 25.3 Å². The van der Waals surface area contributed by atoms with Gasteiger partial charge >= 0.3 is 5.69 Å². The van der Waals surface area contributed by atoms with Gasteiger partial charge in [0.15, 0.2) is 5.65 Å². The van der Waals surface area contributed by atoms with Crippen molar-refractivity contribution in [2.45, 2.75) is 37.6 Å². The summed E-state index contributed by atoms with van der Waals surface area (Å²) in [5.74, 6) is 0.770. The third kappa shape index (κ3) is 4.33. The molecule has 0 aliphatic rings. The number of primary sulfonamides is 1. The van der Waals surface area contributed by atoms with Crippen molar-refractivity contribution in [3.8, 4) is 0 Å². The normalized spacial score (nSPS) is 12.7. The topological polar surface area (TPSA) is 130 Å². The first kappa shape index (κ1) is 20.6. The van der Waals surface area contributed by atoms with Crippen LogP contribution in [0, 0.1) is 0 Å². The molecule has 0 aliphatic heterocycles. The second-order valence-electron chi connectivity index (χ2n) is 7.08. The Bertz CT molecular complexity index is 1060. The van der Waals surface area contributed by atoms with Crippen LogP contribution in [0.5, 0.6) is 0 Å². The Balaban J connectivity index is 2.62. The van der Waals surface area contributed by atoms with Crippen LogP contribution in [-0.4, -0.2) is 39.0 Å². The fraction of sp³-hybridized carbons (Fsp3) is 0.600. The van der Waals surface area contributed by atoms with Crippen molar-refractivity contribution in [2.24, 2.45) is 19.2 Å². The molecule has 0 atom stereocenters. The van der Waals surface area contributed by atoms with Crippen molar-refractivity contribution < 1.29 is 8.42 Å². The van der Waals surface area contributed by atoms with Gasteiger partial charge < -0.3 is 0 Å². The quantitative estimate of drug-likeness (QED) is 0.427. The highest BCUT2D eigenvalue weighted by atomic mass is 32.2. The van der Waals surface area contributed by atoms with Gasteiger partial charge in [0.2, 0.25) is 10.0 Å². The van der Waals surface area contributed by atoms with Crippen molar-refractivity contribution in [1.82, 2.24) is 19.1 Å². The maximum absolute atomic E-state index is 12.6. The Labute approximate surface area is 155 Å². The van der Waals surface area contributed by atoms with Gasteiger partial charge in [-0.2, -0.15) is 0 Å². The van der Waals surface area contributed by atoms with E-state index in [-0.39, 0.29) is 22.2 Å². The Morgan fingerprint density at radius 3 is 2.27 bits per heavy atom. The van der Waals surface area contributed by atoms with Crippen molar-refractivity contribution in [2.75, 3.05) is 11.5 Å². The van der Waals surface area contributed by atoms with Crippen molar-refractivity contribution >= 4 is 32.8 Å². The number of thioether (sulfide) groups is 1. The van der Waals surface area contributed by atoms with Crippen LogP contribution < -0.4 is 16.4 Å². The lowest BCUT2D eigenvalue weighted by atomic mass is 9.96.